The van der Waals surface area contributed by atoms with Crippen LogP contribution in [-0.2, 0) is 18.3 Å². The number of aromatic hydroxyl groups is 2. The predicted octanol–water partition coefficient (Wildman–Crippen LogP) is -0.998. The predicted molar refractivity (Wildman–Crippen MR) is 91.0 cm³/mol. The Morgan fingerprint density at radius 1 is 1.31 bits per heavy atom. The Morgan fingerprint density at radius 2 is 2.00 bits per heavy atom. The van der Waals surface area contributed by atoms with Gasteiger partial charge < -0.3 is 26.0 Å². The molecular weight excluding hydrogens is 346 g/mol. The van der Waals surface area contributed by atoms with Gasteiger partial charge in [0.2, 0.25) is 0 Å². The molecule has 11 nitrogen and oxygen atoms in total. The number of fused-ring (bicyclic) bond motifs is 1. The second-order valence-electron chi connectivity index (χ2n) is 5.39. The van der Waals surface area contributed by atoms with Crippen molar-refractivity contribution in [1.82, 2.24) is 19.5 Å². The third kappa shape index (κ3) is 4.08. The van der Waals surface area contributed by atoms with Gasteiger partial charge in [0.05, 0.1) is 6.33 Å². The second kappa shape index (κ2) is 7.53. The van der Waals surface area contributed by atoms with Crippen molar-refractivity contribution in [3.05, 3.63) is 50.9 Å². The van der Waals surface area contributed by atoms with Crippen molar-refractivity contribution in [3.8, 4) is 11.5 Å². The molecule has 0 radical (unpaired) electrons. The van der Waals surface area contributed by atoms with E-state index in [4.69, 9.17) is 21.1 Å². The molecule has 1 atom stereocenters. The number of hydrogen-bond donors (Lipinski definition) is 6. The van der Waals surface area contributed by atoms with E-state index in [-0.39, 0.29) is 23.5 Å². The number of hydrogen-bond acceptors (Lipinski definition) is 7. The van der Waals surface area contributed by atoms with E-state index in [1.165, 1.54) is 31.6 Å². The van der Waals surface area contributed by atoms with Gasteiger partial charge in [0, 0.05) is 7.05 Å². The van der Waals surface area contributed by atoms with Crippen LogP contribution in [0.4, 0.5) is 0 Å². The zero-order valence-corrected chi connectivity index (χ0v) is 13.6. The average Bonchev–Trinajstić information content (AvgIpc) is 3.05. The normalized spacial score (nSPS) is 11.6. The van der Waals surface area contributed by atoms with E-state index >= 15 is 0 Å². The van der Waals surface area contributed by atoms with Crippen LogP contribution in [0.2, 0.25) is 0 Å². The Kier molecular flexibility index (Phi) is 5.42. The monoisotopic (exact) mass is 363 g/mol. The van der Waals surface area contributed by atoms with Crippen molar-refractivity contribution in [2.24, 2.45) is 12.8 Å². The summed E-state index contributed by atoms with van der Waals surface area (Å²) >= 11 is 0. The zero-order chi connectivity index (χ0) is 19.4. The molecule has 0 aliphatic rings. The summed E-state index contributed by atoms with van der Waals surface area (Å²) in [5, 5.41) is 26.6. The molecule has 1 aromatic carbocycles. The minimum absolute atomic E-state index is 0.114. The van der Waals surface area contributed by atoms with Gasteiger partial charge in [-0.2, -0.15) is 0 Å². The number of imidazole rings is 1. The minimum atomic E-state index is -1.10. The number of nitrogens with one attached hydrogen (secondary N) is 2. The van der Waals surface area contributed by atoms with Crippen LogP contribution in [0, 0.1) is 0 Å². The Morgan fingerprint density at radius 3 is 2.62 bits per heavy atom. The number of carboxylic acids is 1. The van der Waals surface area contributed by atoms with Gasteiger partial charge in [-0.05, 0) is 24.1 Å². The largest absolute Gasteiger partial charge is 0.504 e. The van der Waals surface area contributed by atoms with Gasteiger partial charge in [0.15, 0.2) is 17.1 Å². The lowest BCUT2D eigenvalue weighted by atomic mass is 10.1. The number of aromatic amines is 2. The highest BCUT2D eigenvalue weighted by atomic mass is 16.4. The number of carbonyl (C=O) groups is 1. The third-order valence-electron chi connectivity index (χ3n) is 3.50. The third-order valence-corrected chi connectivity index (χ3v) is 3.50. The van der Waals surface area contributed by atoms with Crippen molar-refractivity contribution >= 4 is 17.1 Å². The highest BCUT2D eigenvalue weighted by molar-refractivity contribution is 5.73. The molecule has 7 N–H and O–H groups in total. The van der Waals surface area contributed by atoms with Crippen LogP contribution in [0.3, 0.4) is 0 Å². The van der Waals surface area contributed by atoms with Gasteiger partial charge in [0.25, 0.3) is 5.56 Å². The summed E-state index contributed by atoms with van der Waals surface area (Å²) in [5.74, 6) is -1.62. The summed E-state index contributed by atoms with van der Waals surface area (Å²) in [7, 11) is 1.40. The van der Waals surface area contributed by atoms with E-state index in [0.717, 1.165) is 4.57 Å². The van der Waals surface area contributed by atoms with Crippen molar-refractivity contribution < 1.29 is 20.1 Å². The first kappa shape index (κ1) is 18.7. The van der Waals surface area contributed by atoms with E-state index in [1.807, 2.05) is 0 Å². The lowest BCUT2D eigenvalue weighted by molar-refractivity contribution is -0.138. The summed E-state index contributed by atoms with van der Waals surface area (Å²) in [5.41, 5.74) is 5.64. The number of benzene rings is 1. The van der Waals surface area contributed by atoms with Gasteiger partial charge in [-0.3, -0.25) is 19.1 Å². The molecule has 11 heteroatoms. The molecule has 3 aromatic rings. The van der Waals surface area contributed by atoms with Crippen molar-refractivity contribution in [2.45, 2.75) is 12.5 Å². The fourth-order valence-electron chi connectivity index (χ4n) is 2.03. The fourth-order valence-corrected chi connectivity index (χ4v) is 2.03. The molecule has 2 heterocycles. The van der Waals surface area contributed by atoms with Crippen LogP contribution in [-0.4, -0.2) is 46.8 Å². The number of phenolic OH excluding ortho intramolecular Hbond substituents is 2. The fraction of sp³-hybridized carbons (Fsp3) is 0.200. The molecule has 26 heavy (non-hydrogen) atoms. The quantitative estimate of drug-likeness (QED) is 0.320. The number of carboxylic acid groups (broad SMARTS) is 1. The maximum atomic E-state index is 11.3. The SMILES string of the molecule is Cn1c(=O)[nH]c2nc[nH]c2c1=O.N[C@@H](Cc1ccc(O)c(O)c1)C(=O)O. The number of nitrogens with two attached hydrogens (primary N) is 1. The Labute approximate surface area is 145 Å². The van der Waals surface area contributed by atoms with Gasteiger partial charge in [-0.1, -0.05) is 6.07 Å². The van der Waals surface area contributed by atoms with Crippen LogP contribution in [0.5, 0.6) is 11.5 Å². The van der Waals surface area contributed by atoms with Gasteiger partial charge in [-0.15, -0.1) is 0 Å². The van der Waals surface area contributed by atoms with E-state index in [2.05, 4.69) is 15.0 Å². The maximum Gasteiger partial charge on any atom is 0.329 e. The second-order valence-corrected chi connectivity index (χ2v) is 5.39. The number of aromatic nitrogens is 4. The van der Waals surface area contributed by atoms with Crippen LogP contribution in [0.15, 0.2) is 34.1 Å². The summed E-state index contributed by atoms with van der Waals surface area (Å²) < 4.78 is 0.987. The first-order valence-corrected chi connectivity index (χ1v) is 7.32. The minimum Gasteiger partial charge on any atom is -0.504 e. The average molecular weight is 363 g/mol. The zero-order valence-electron chi connectivity index (χ0n) is 13.6. The van der Waals surface area contributed by atoms with Crippen LogP contribution in [0.1, 0.15) is 5.56 Å². The summed E-state index contributed by atoms with van der Waals surface area (Å²) in [6.45, 7) is 0. The first-order chi connectivity index (χ1) is 12.2. The molecule has 0 amide bonds. The Bertz CT molecular complexity index is 1050. The molecule has 0 bridgehead atoms. The van der Waals surface area contributed by atoms with E-state index in [0.29, 0.717) is 16.7 Å². The molecule has 0 spiro atoms. The summed E-state index contributed by atoms with van der Waals surface area (Å²) in [4.78, 5) is 41.5. The van der Waals surface area contributed by atoms with E-state index in [9.17, 15) is 14.4 Å². The molecule has 0 aliphatic carbocycles. The standard InChI is InChI=1S/C9H11NO4.C6H6N4O2/c10-6(9(13)14)3-5-1-2-7(11)8(12)4-5;1-10-5(11)3-4(8-2-7-3)9-6(10)12/h1-2,4,6,11-12H,3,10H2,(H,13,14);2H,1H3,(H,7,8)(H,9,12)/t6-;/m0./s1. The molecule has 3 rings (SSSR count). The van der Waals surface area contributed by atoms with Gasteiger partial charge in [0.1, 0.15) is 11.6 Å². The van der Waals surface area contributed by atoms with Crippen molar-refractivity contribution in [3.63, 3.8) is 0 Å². The molecule has 138 valence electrons. The summed E-state index contributed by atoms with van der Waals surface area (Å²) in [6.07, 6.45) is 1.48. The van der Waals surface area contributed by atoms with Gasteiger partial charge >= 0.3 is 11.7 Å². The lowest BCUT2D eigenvalue weighted by Gasteiger charge is -2.06. The van der Waals surface area contributed by atoms with Crippen molar-refractivity contribution in [1.29, 1.82) is 0 Å². The number of phenols is 2. The van der Waals surface area contributed by atoms with Crippen molar-refractivity contribution in [2.75, 3.05) is 0 Å². The first-order valence-electron chi connectivity index (χ1n) is 7.32. The molecule has 0 aliphatic heterocycles. The molecule has 0 fully saturated rings. The maximum absolute atomic E-state index is 11.3. The molecule has 2 aromatic heterocycles. The molecule has 0 saturated carbocycles. The number of rotatable bonds is 3. The Balaban J connectivity index is 0.000000189. The van der Waals surface area contributed by atoms with E-state index in [1.54, 1.807) is 0 Å². The molecule has 0 saturated heterocycles. The smallest absolute Gasteiger partial charge is 0.329 e. The number of aliphatic carboxylic acids is 1. The van der Waals surface area contributed by atoms with Gasteiger partial charge in [-0.25, -0.2) is 9.78 Å². The lowest BCUT2D eigenvalue weighted by Crippen LogP contribution is -2.32. The Hall–Kier alpha value is -3.60. The van der Waals surface area contributed by atoms with Crippen LogP contribution >= 0.6 is 0 Å². The molecule has 0 unspecified atom stereocenters. The highest BCUT2D eigenvalue weighted by Gasteiger charge is 2.12. The molecular formula is C15H17N5O6. The van der Waals surface area contributed by atoms with Crippen LogP contribution < -0.4 is 17.0 Å². The topological polar surface area (TPSA) is 187 Å². The van der Waals surface area contributed by atoms with E-state index < -0.39 is 17.7 Å². The number of H-pyrrole nitrogens is 2. The highest BCUT2D eigenvalue weighted by Crippen LogP contribution is 2.25. The van der Waals surface area contributed by atoms with Crippen LogP contribution in [0.25, 0.3) is 11.2 Å². The summed E-state index contributed by atoms with van der Waals surface area (Å²) in [6, 6.07) is 3.09. The number of nitrogens with zero attached hydrogens (tertiary/aromatic N) is 2.